The van der Waals surface area contributed by atoms with Crippen molar-refractivity contribution in [3.05, 3.63) is 64.2 Å². The van der Waals surface area contributed by atoms with E-state index in [9.17, 15) is 23.7 Å². The lowest BCUT2D eigenvalue weighted by molar-refractivity contribution is -0.384. The number of thioether (sulfide) groups is 1. The van der Waals surface area contributed by atoms with Crippen LogP contribution in [-0.4, -0.2) is 16.1 Å². The molecular weight excluding hydrogens is 326 g/mol. The summed E-state index contributed by atoms with van der Waals surface area (Å²) in [6.07, 6.45) is 0. The van der Waals surface area contributed by atoms with E-state index in [1.807, 2.05) is 0 Å². The van der Waals surface area contributed by atoms with E-state index < -0.39 is 33.4 Å². The standard InChI is InChI=1S/C15H12F2N2O3S/c1-9(23-11-7-5-10(6-8-11)19(21)22)15(20)18-14-12(16)3-2-4-13(14)17/h2-9H,1H3,(H,18,20). The van der Waals surface area contributed by atoms with Crippen LogP contribution in [0.2, 0.25) is 0 Å². The fourth-order valence-electron chi connectivity index (χ4n) is 1.75. The molecule has 0 heterocycles. The van der Waals surface area contributed by atoms with Crippen LogP contribution in [0.3, 0.4) is 0 Å². The minimum absolute atomic E-state index is 0.0557. The molecule has 5 nitrogen and oxygen atoms in total. The lowest BCUT2D eigenvalue weighted by atomic mass is 10.3. The monoisotopic (exact) mass is 338 g/mol. The summed E-state index contributed by atoms with van der Waals surface area (Å²) in [6.45, 7) is 1.57. The lowest BCUT2D eigenvalue weighted by Gasteiger charge is -2.13. The van der Waals surface area contributed by atoms with E-state index in [2.05, 4.69) is 5.32 Å². The van der Waals surface area contributed by atoms with Crippen LogP contribution in [0.25, 0.3) is 0 Å². The highest BCUT2D eigenvalue weighted by molar-refractivity contribution is 8.00. The number of rotatable bonds is 5. The molecule has 0 radical (unpaired) electrons. The van der Waals surface area contributed by atoms with E-state index >= 15 is 0 Å². The van der Waals surface area contributed by atoms with Crippen LogP contribution >= 0.6 is 11.8 Å². The summed E-state index contributed by atoms with van der Waals surface area (Å²) in [5.74, 6) is -2.28. The predicted octanol–water partition coefficient (Wildman–Crippen LogP) is 3.99. The molecule has 1 N–H and O–H groups in total. The number of carbonyl (C=O) groups excluding carboxylic acids is 1. The summed E-state index contributed by atoms with van der Waals surface area (Å²) in [7, 11) is 0. The van der Waals surface area contributed by atoms with E-state index in [4.69, 9.17) is 0 Å². The first-order valence-corrected chi connectivity index (χ1v) is 7.42. The number of para-hydroxylation sites is 1. The summed E-state index contributed by atoms with van der Waals surface area (Å²) >= 11 is 1.12. The molecule has 2 aromatic carbocycles. The Morgan fingerprint density at radius 3 is 2.26 bits per heavy atom. The zero-order valence-corrected chi connectivity index (χ0v) is 12.8. The Morgan fingerprint density at radius 2 is 1.74 bits per heavy atom. The van der Waals surface area contributed by atoms with Gasteiger partial charge in [0.05, 0.1) is 10.2 Å². The molecule has 2 rings (SSSR count). The number of amides is 1. The first-order valence-electron chi connectivity index (χ1n) is 6.54. The maximum atomic E-state index is 13.5. The molecule has 0 bridgehead atoms. The highest BCUT2D eigenvalue weighted by atomic mass is 32.2. The first-order chi connectivity index (χ1) is 10.9. The Hall–Kier alpha value is -2.48. The fraction of sp³-hybridized carbons (Fsp3) is 0.133. The molecule has 0 aliphatic rings. The van der Waals surface area contributed by atoms with Gasteiger partial charge in [-0.1, -0.05) is 6.07 Å². The molecule has 8 heteroatoms. The Bertz CT molecular complexity index is 718. The third-order valence-electron chi connectivity index (χ3n) is 2.94. The minimum atomic E-state index is -0.856. The first kappa shape index (κ1) is 16.9. The van der Waals surface area contributed by atoms with Crippen molar-refractivity contribution in [1.82, 2.24) is 0 Å². The Kier molecular flexibility index (Phi) is 5.28. The third-order valence-corrected chi connectivity index (χ3v) is 4.05. The second kappa shape index (κ2) is 7.19. The van der Waals surface area contributed by atoms with Gasteiger partial charge in [0.1, 0.15) is 17.3 Å². The van der Waals surface area contributed by atoms with E-state index in [-0.39, 0.29) is 5.69 Å². The Balaban J connectivity index is 2.04. The number of hydrogen-bond acceptors (Lipinski definition) is 4. The number of anilines is 1. The highest BCUT2D eigenvalue weighted by Crippen LogP contribution is 2.27. The molecule has 0 aliphatic heterocycles. The topological polar surface area (TPSA) is 72.2 Å². The van der Waals surface area contributed by atoms with Gasteiger partial charge in [-0.05, 0) is 31.2 Å². The number of hydrogen-bond donors (Lipinski definition) is 1. The van der Waals surface area contributed by atoms with Crippen LogP contribution in [-0.2, 0) is 4.79 Å². The van der Waals surface area contributed by atoms with Gasteiger partial charge in [0.15, 0.2) is 0 Å². The van der Waals surface area contributed by atoms with Gasteiger partial charge in [-0.2, -0.15) is 0 Å². The zero-order valence-electron chi connectivity index (χ0n) is 12.0. The molecule has 1 atom stereocenters. The van der Waals surface area contributed by atoms with Crippen LogP contribution < -0.4 is 5.32 Å². The molecule has 120 valence electrons. The van der Waals surface area contributed by atoms with Gasteiger partial charge in [-0.25, -0.2) is 8.78 Å². The van der Waals surface area contributed by atoms with Crippen molar-refractivity contribution in [2.24, 2.45) is 0 Å². The SMILES string of the molecule is CC(Sc1ccc([N+](=O)[O-])cc1)C(=O)Nc1c(F)cccc1F. The quantitative estimate of drug-likeness (QED) is 0.508. The normalized spacial score (nSPS) is 11.8. The van der Waals surface area contributed by atoms with Gasteiger partial charge in [-0.15, -0.1) is 11.8 Å². The van der Waals surface area contributed by atoms with Crippen molar-refractivity contribution in [2.45, 2.75) is 17.1 Å². The summed E-state index contributed by atoms with van der Waals surface area (Å²) in [6, 6.07) is 8.97. The molecule has 0 spiro atoms. The number of benzene rings is 2. The second-order valence-electron chi connectivity index (χ2n) is 4.60. The number of halogens is 2. The molecule has 23 heavy (non-hydrogen) atoms. The van der Waals surface area contributed by atoms with Gasteiger partial charge in [-0.3, -0.25) is 14.9 Å². The fourth-order valence-corrected chi connectivity index (χ4v) is 2.61. The smallest absolute Gasteiger partial charge is 0.269 e. The summed E-state index contributed by atoms with van der Waals surface area (Å²) < 4.78 is 27.0. The van der Waals surface area contributed by atoms with Crippen molar-refractivity contribution >= 4 is 29.0 Å². The van der Waals surface area contributed by atoms with Crippen LogP contribution in [0, 0.1) is 21.7 Å². The average Bonchev–Trinajstić information content (AvgIpc) is 2.51. The van der Waals surface area contributed by atoms with Crippen molar-refractivity contribution in [2.75, 3.05) is 5.32 Å². The molecule has 2 aromatic rings. The number of nitro benzene ring substituents is 1. The molecule has 0 aliphatic carbocycles. The van der Waals surface area contributed by atoms with Gasteiger partial charge >= 0.3 is 0 Å². The zero-order chi connectivity index (χ0) is 17.0. The third kappa shape index (κ3) is 4.26. The predicted molar refractivity (Wildman–Crippen MR) is 83.4 cm³/mol. The summed E-state index contributed by atoms with van der Waals surface area (Å²) in [5.41, 5.74) is -0.548. The summed E-state index contributed by atoms with van der Waals surface area (Å²) in [4.78, 5) is 22.7. The van der Waals surface area contributed by atoms with Crippen LogP contribution in [0.5, 0.6) is 0 Å². The van der Waals surface area contributed by atoms with Gasteiger partial charge in [0.25, 0.3) is 5.69 Å². The molecular formula is C15H12F2N2O3S. The number of nitrogens with zero attached hydrogens (tertiary/aromatic N) is 1. The molecule has 1 unspecified atom stereocenters. The van der Waals surface area contributed by atoms with Crippen molar-refractivity contribution in [3.63, 3.8) is 0 Å². The van der Waals surface area contributed by atoms with E-state index in [1.165, 1.54) is 30.3 Å². The van der Waals surface area contributed by atoms with Crippen molar-refractivity contribution in [1.29, 1.82) is 0 Å². The van der Waals surface area contributed by atoms with Crippen molar-refractivity contribution < 1.29 is 18.5 Å². The van der Waals surface area contributed by atoms with Crippen LogP contribution in [0.1, 0.15) is 6.92 Å². The van der Waals surface area contributed by atoms with E-state index in [1.54, 1.807) is 6.92 Å². The Labute approximate surface area is 134 Å². The van der Waals surface area contributed by atoms with Crippen molar-refractivity contribution in [3.8, 4) is 0 Å². The minimum Gasteiger partial charge on any atom is -0.320 e. The highest BCUT2D eigenvalue weighted by Gasteiger charge is 2.18. The number of non-ortho nitro benzene ring substituents is 1. The number of nitrogens with one attached hydrogen (secondary N) is 1. The number of carbonyl (C=O) groups is 1. The molecule has 0 saturated heterocycles. The Morgan fingerprint density at radius 1 is 1.17 bits per heavy atom. The van der Waals surface area contributed by atoms with Crippen LogP contribution in [0.4, 0.5) is 20.2 Å². The van der Waals surface area contributed by atoms with E-state index in [0.717, 1.165) is 23.9 Å². The van der Waals surface area contributed by atoms with Gasteiger partial charge in [0, 0.05) is 17.0 Å². The molecule has 0 aromatic heterocycles. The van der Waals surface area contributed by atoms with Gasteiger partial charge < -0.3 is 5.32 Å². The molecule has 0 fully saturated rings. The van der Waals surface area contributed by atoms with E-state index in [0.29, 0.717) is 4.90 Å². The maximum Gasteiger partial charge on any atom is 0.269 e. The summed E-state index contributed by atoms with van der Waals surface area (Å²) in [5, 5.41) is 12.1. The average molecular weight is 338 g/mol. The molecule has 0 saturated carbocycles. The molecule has 1 amide bonds. The maximum absolute atomic E-state index is 13.5. The number of nitro groups is 1. The lowest BCUT2D eigenvalue weighted by Crippen LogP contribution is -2.23. The van der Waals surface area contributed by atoms with Crippen LogP contribution in [0.15, 0.2) is 47.4 Å². The second-order valence-corrected chi connectivity index (χ2v) is 6.01. The van der Waals surface area contributed by atoms with Gasteiger partial charge in [0.2, 0.25) is 5.91 Å². The largest absolute Gasteiger partial charge is 0.320 e.